The molecule has 6 nitrogen and oxygen atoms in total. The van der Waals surface area contributed by atoms with Gasteiger partial charge < -0.3 is 14.2 Å². The van der Waals surface area contributed by atoms with E-state index < -0.39 is 11.9 Å². The van der Waals surface area contributed by atoms with Crippen molar-refractivity contribution in [1.82, 2.24) is 0 Å². The van der Waals surface area contributed by atoms with Crippen LogP contribution in [0.3, 0.4) is 0 Å². The number of halogens is 2. The minimum Gasteiger partial charge on any atom is -0.490 e. The van der Waals surface area contributed by atoms with Crippen molar-refractivity contribution in [2.45, 2.75) is 13.8 Å². The second-order valence-electron chi connectivity index (χ2n) is 5.70. The van der Waals surface area contributed by atoms with Crippen molar-refractivity contribution in [3.63, 3.8) is 0 Å². The lowest BCUT2D eigenvalue weighted by Gasteiger charge is -2.12. The molecular weight excluding hydrogens is 541 g/mol. The summed E-state index contributed by atoms with van der Waals surface area (Å²) in [5.41, 5.74) is 1.55. The van der Waals surface area contributed by atoms with Crippen molar-refractivity contribution in [3.8, 4) is 11.5 Å². The average molecular weight is 556 g/mol. The van der Waals surface area contributed by atoms with E-state index in [1.165, 1.54) is 6.92 Å². The van der Waals surface area contributed by atoms with Gasteiger partial charge in [0.1, 0.15) is 0 Å². The zero-order valence-electron chi connectivity index (χ0n) is 15.0. The molecule has 0 saturated carbocycles. The quantitative estimate of drug-likeness (QED) is 0.231. The average Bonchev–Trinajstić information content (AvgIpc) is 2.99. The molecule has 0 aromatic heterocycles. The van der Waals surface area contributed by atoms with Crippen LogP contribution >= 0.6 is 38.5 Å². The van der Waals surface area contributed by atoms with Crippen LogP contribution in [0.2, 0.25) is 0 Å². The van der Waals surface area contributed by atoms with E-state index in [9.17, 15) is 9.59 Å². The number of esters is 2. The summed E-state index contributed by atoms with van der Waals surface area (Å²) >= 11 is 5.44. The minimum absolute atomic E-state index is 0.175. The Morgan fingerprint density at radius 1 is 1.32 bits per heavy atom. The summed E-state index contributed by atoms with van der Waals surface area (Å²) in [4.78, 5) is 27.9. The number of hydrogen-bond acceptors (Lipinski definition) is 6. The number of carbonyl (C=O) groups excluding carboxylic acids is 2. The Morgan fingerprint density at radius 2 is 2.11 bits per heavy atom. The van der Waals surface area contributed by atoms with Gasteiger partial charge in [0.05, 0.1) is 10.2 Å². The van der Waals surface area contributed by atoms with Crippen LogP contribution in [0.5, 0.6) is 11.5 Å². The molecule has 0 radical (unpaired) electrons. The Morgan fingerprint density at radius 3 is 2.79 bits per heavy atom. The Kier molecular flexibility index (Phi) is 6.50. The number of hydrogen-bond donors (Lipinski definition) is 0. The fourth-order valence-electron chi connectivity index (χ4n) is 2.49. The second-order valence-corrected chi connectivity index (χ2v) is 7.78. The van der Waals surface area contributed by atoms with E-state index in [0.29, 0.717) is 32.8 Å². The van der Waals surface area contributed by atoms with Gasteiger partial charge in [0.25, 0.3) is 0 Å². The highest BCUT2D eigenvalue weighted by molar-refractivity contribution is 14.1. The number of aliphatic imine (C=N–C) groups is 1. The first-order valence-corrected chi connectivity index (χ1v) is 10.2. The Bertz CT molecular complexity index is 1020. The highest BCUT2D eigenvalue weighted by Gasteiger charge is 2.24. The molecule has 0 saturated heterocycles. The van der Waals surface area contributed by atoms with Gasteiger partial charge in [0, 0.05) is 17.0 Å². The number of cyclic esters (lactones) is 1. The Hall–Kier alpha value is -2.20. The smallest absolute Gasteiger partial charge is 0.363 e. The van der Waals surface area contributed by atoms with Gasteiger partial charge in [0.15, 0.2) is 17.2 Å². The van der Waals surface area contributed by atoms with Crippen molar-refractivity contribution in [2.75, 3.05) is 6.61 Å². The lowest BCUT2D eigenvalue weighted by Crippen LogP contribution is -2.06. The van der Waals surface area contributed by atoms with Crippen LogP contribution < -0.4 is 9.47 Å². The number of nitrogens with zero attached hydrogens (tertiary/aromatic N) is 1. The van der Waals surface area contributed by atoms with E-state index in [4.69, 9.17) is 14.2 Å². The van der Waals surface area contributed by atoms with Gasteiger partial charge in [0.2, 0.25) is 5.90 Å². The molecule has 0 aliphatic carbocycles. The van der Waals surface area contributed by atoms with Gasteiger partial charge in [-0.2, -0.15) is 0 Å². The fourth-order valence-corrected chi connectivity index (χ4v) is 3.62. The summed E-state index contributed by atoms with van der Waals surface area (Å²) in [7, 11) is 0. The first-order valence-electron chi connectivity index (χ1n) is 8.30. The molecule has 0 fully saturated rings. The van der Waals surface area contributed by atoms with E-state index in [1.54, 1.807) is 18.2 Å². The molecule has 0 unspecified atom stereocenters. The molecule has 28 heavy (non-hydrogen) atoms. The van der Waals surface area contributed by atoms with Gasteiger partial charge in [-0.05, 0) is 71.5 Å². The third kappa shape index (κ3) is 4.79. The van der Waals surface area contributed by atoms with Gasteiger partial charge in [-0.1, -0.05) is 22.0 Å². The molecule has 1 aliphatic rings. The summed E-state index contributed by atoms with van der Waals surface area (Å²) in [6.07, 6.45) is 1.61. The highest BCUT2D eigenvalue weighted by atomic mass is 127. The largest absolute Gasteiger partial charge is 0.490 e. The maximum absolute atomic E-state index is 12.2. The molecule has 0 bridgehead atoms. The Labute approximate surface area is 183 Å². The molecule has 2 aromatic rings. The maximum Gasteiger partial charge on any atom is 0.363 e. The molecule has 0 spiro atoms. The van der Waals surface area contributed by atoms with Gasteiger partial charge in [-0.3, -0.25) is 4.79 Å². The van der Waals surface area contributed by atoms with Crippen LogP contribution in [0.1, 0.15) is 25.0 Å². The van der Waals surface area contributed by atoms with E-state index in [0.717, 1.165) is 4.47 Å². The van der Waals surface area contributed by atoms with Gasteiger partial charge in [-0.15, -0.1) is 0 Å². The lowest BCUT2D eigenvalue weighted by atomic mass is 10.1. The molecule has 144 valence electrons. The van der Waals surface area contributed by atoms with E-state index >= 15 is 0 Å². The zero-order valence-corrected chi connectivity index (χ0v) is 18.7. The number of carbonyl (C=O) groups is 2. The summed E-state index contributed by atoms with van der Waals surface area (Å²) in [5.74, 6) is 0.0388. The SMILES string of the molecule is CCOc1cc(/C=C2\N=C(c3cccc(Br)c3)OC2=O)cc(I)c1OC(C)=O. The first kappa shape index (κ1) is 20.5. The van der Waals surface area contributed by atoms with Crippen LogP contribution in [0, 0.1) is 3.57 Å². The summed E-state index contributed by atoms with van der Waals surface area (Å²) < 4.78 is 17.7. The number of rotatable bonds is 5. The number of ether oxygens (including phenoxy) is 3. The molecule has 8 heteroatoms. The van der Waals surface area contributed by atoms with Crippen LogP contribution in [0.4, 0.5) is 0 Å². The van der Waals surface area contributed by atoms with Crippen molar-refractivity contribution >= 4 is 62.4 Å². The van der Waals surface area contributed by atoms with Crippen molar-refractivity contribution in [2.24, 2.45) is 4.99 Å². The fraction of sp³-hybridized carbons (Fsp3) is 0.150. The van der Waals surface area contributed by atoms with Gasteiger partial charge >= 0.3 is 11.9 Å². The highest BCUT2D eigenvalue weighted by Crippen LogP contribution is 2.35. The zero-order chi connectivity index (χ0) is 20.3. The minimum atomic E-state index is -0.535. The summed E-state index contributed by atoms with van der Waals surface area (Å²) in [5, 5.41) is 0. The molecule has 0 atom stereocenters. The van der Waals surface area contributed by atoms with Crippen LogP contribution in [-0.4, -0.2) is 24.4 Å². The van der Waals surface area contributed by atoms with Crippen LogP contribution in [0.25, 0.3) is 6.08 Å². The second kappa shape index (κ2) is 8.87. The van der Waals surface area contributed by atoms with E-state index in [1.807, 2.05) is 53.8 Å². The Balaban J connectivity index is 1.98. The number of benzene rings is 2. The topological polar surface area (TPSA) is 74.2 Å². The maximum atomic E-state index is 12.2. The lowest BCUT2D eigenvalue weighted by molar-refractivity contribution is -0.132. The third-order valence-electron chi connectivity index (χ3n) is 3.57. The summed E-state index contributed by atoms with van der Waals surface area (Å²) in [6.45, 7) is 3.56. The standard InChI is InChI=1S/C20H15BrINO5/c1-3-26-17-9-12(7-15(22)18(17)27-11(2)24)8-16-20(25)28-19(23-16)13-5-4-6-14(21)10-13/h4-10H,3H2,1-2H3/b16-8-. The third-order valence-corrected chi connectivity index (χ3v) is 4.87. The summed E-state index contributed by atoms with van der Waals surface area (Å²) in [6, 6.07) is 10.8. The van der Waals surface area contributed by atoms with E-state index in [-0.39, 0.29) is 11.6 Å². The first-order chi connectivity index (χ1) is 13.4. The molecule has 1 heterocycles. The predicted octanol–water partition coefficient (Wildman–Crippen LogP) is 4.72. The molecular formula is C20H15BrINO5. The van der Waals surface area contributed by atoms with Crippen molar-refractivity contribution in [3.05, 3.63) is 61.3 Å². The van der Waals surface area contributed by atoms with Gasteiger partial charge in [-0.25, -0.2) is 9.79 Å². The molecule has 2 aromatic carbocycles. The molecule has 0 N–H and O–H groups in total. The molecule has 3 rings (SSSR count). The van der Waals surface area contributed by atoms with Crippen LogP contribution in [-0.2, 0) is 14.3 Å². The van der Waals surface area contributed by atoms with Crippen molar-refractivity contribution in [1.29, 1.82) is 0 Å². The van der Waals surface area contributed by atoms with E-state index in [2.05, 4.69) is 20.9 Å². The predicted molar refractivity (Wildman–Crippen MR) is 116 cm³/mol. The molecule has 1 aliphatic heterocycles. The van der Waals surface area contributed by atoms with Crippen molar-refractivity contribution < 1.29 is 23.8 Å². The monoisotopic (exact) mass is 555 g/mol. The molecule has 0 amide bonds. The normalized spacial score (nSPS) is 14.6. The van der Waals surface area contributed by atoms with Crippen LogP contribution in [0.15, 0.2) is 51.6 Å².